The fourth-order valence-corrected chi connectivity index (χ4v) is 4.76. The number of rotatable bonds is 7. The Morgan fingerprint density at radius 1 is 1.35 bits per heavy atom. The number of nitrogens with zero attached hydrogens (tertiary/aromatic N) is 3. The van der Waals surface area contributed by atoms with E-state index >= 15 is 0 Å². The lowest BCUT2D eigenvalue weighted by Crippen LogP contribution is -2.42. The molecule has 0 unspecified atom stereocenters. The molecule has 1 fully saturated rings. The first-order valence-electron chi connectivity index (χ1n) is 8.76. The second-order valence-corrected chi connectivity index (χ2v) is 8.83. The molecule has 0 bridgehead atoms. The van der Waals surface area contributed by atoms with Crippen molar-refractivity contribution in [3.05, 3.63) is 48.3 Å². The van der Waals surface area contributed by atoms with Crippen molar-refractivity contribution < 1.29 is 13.2 Å². The molecule has 26 heavy (non-hydrogen) atoms. The smallest absolute Gasteiger partial charge is 0.234 e. The maximum Gasteiger partial charge on any atom is 0.234 e. The summed E-state index contributed by atoms with van der Waals surface area (Å²) in [5, 5.41) is 7.21. The van der Waals surface area contributed by atoms with Crippen LogP contribution in [0.3, 0.4) is 0 Å². The summed E-state index contributed by atoms with van der Waals surface area (Å²) in [6, 6.07) is 9.59. The van der Waals surface area contributed by atoms with Crippen molar-refractivity contribution in [2.75, 3.05) is 24.6 Å². The standard InChI is InChI=1S/C18H24N4O3S/c1-2-21(13-18(23)20-16-8-9-26(24,25)14-16)11-15-10-19-22(12-15)17-6-4-3-5-7-17/h3-7,10,12,16H,2,8-9,11,13-14H2,1H3,(H,20,23)/t16-/m1/s1. The van der Waals surface area contributed by atoms with Crippen molar-refractivity contribution in [3.8, 4) is 5.69 Å². The van der Waals surface area contributed by atoms with E-state index in [0.717, 1.165) is 11.3 Å². The predicted molar refractivity (Wildman–Crippen MR) is 99.7 cm³/mol. The van der Waals surface area contributed by atoms with Crippen molar-refractivity contribution in [1.29, 1.82) is 0 Å². The Labute approximate surface area is 153 Å². The van der Waals surface area contributed by atoms with E-state index in [2.05, 4.69) is 10.4 Å². The third-order valence-electron chi connectivity index (χ3n) is 4.47. The molecule has 0 saturated carbocycles. The highest BCUT2D eigenvalue weighted by Crippen LogP contribution is 2.12. The maximum absolute atomic E-state index is 12.2. The molecule has 2 aromatic rings. The van der Waals surface area contributed by atoms with Gasteiger partial charge < -0.3 is 5.32 Å². The van der Waals surface area contributed by atoms with Crippen molar-refractivity contribution in [3.63, 3.8) is 0 Å². The molecule has 0 spiro atoms. The third kappa shape index (κ3) is 4.92. The molecule has 1 amide bonds. The van der Waals surface area contributed by atoms with Crippen LogP contribution in [0.25, 0.3) is 5.69 Å². The van der Waals surface area contributed by atoms with Gasteiger partial charge in [0.25, 0.3) is 0 Å². The van der Waals surface area contributed by atoms with Gasteiger partial charge in [0.1, 0.15) is 0 Å². The highest BCUT2D eigenvalue weighted by atomic mass is 32.2. The number of likely N-dealkylation sites (N-methyl/N-ethyl adjacent to an activating group) is 1. The third-order valence-corrected chi connectivity index (χ3v) is 6.24. The van der Waals surface area contributed by atoms with E-state index in [4.69, 9.17) is 0 Å². The first-order valence-corrected chi connectivity index (χ1v) is 10.6. The fourth-order valence-electron chi connectivity index (χ4n) is 3.09. The fraction of sp³-hybridized carbons (Fsp3) is 0.444. The van der Waals surface area contributed by atoms with Gasteiger partial charge in [-0.3, -0.25) is 9.69 Å². The van der Waals surface area contributed by atoms with Gasteiger partial charge >= 0.3 is 0 Å². The van der Waals surface area contributed by atoms with E-state index in [1.54, 1.807) is 6.20 Å². The molecule has 3 rings (SSSR count). The molecule has 1 saturated heterocycles. The van der Waals surface area contributed by atoms with E-state index in [1.807, 2.05) is 53.0 Å². The molecular weight excluding hydrogens is 352 g/mol. The van der Waals surface area contributed by atoms with Gasteiger partial charge in [-0.15, -0.1) is 0 Å². The minimum Gasteiger partial charge on any atom is -0.351 e. The highest BCUT2D eigenvalue weighted by Gasteiger charge is 2.29. The number of hydrogen-bond acceptors (Lipinski definition) is 5. The van der Waals surface area contributed by atoms with E-state index in [-0.39, 0.29) is 30.0 Å². The van der Waals surface area contributed by atoms with Crippen LogP contribution in [-0.2, 0) is 21.2 Å². The van der Waals surface area contributed by atoms with Gasteiger partial charge in [-0.2, -0.15) is 5.10 Å². The van der Waals surface area contributed by atoms with Crippen LogP contribution in [0.15, 0.2) is 42.7 Å². The Kier molecular flexibility index (Phi) is 5.73. The summed E-state index contributed by atoms with van der Waals surface area (Å²) >= 11 is 0. The molecule has 140 valence electrons. The molecule has 1 aromatic carbocycles. The quantitative estimate of drug-likeness (QED) is 0.779. The number of hydrogen-bond donors (Lipinski definition) is 1. The van der Waals surface area contributed by atoms with Crippen molar-refractivity contribution >= 4 is 15.7 Å². The van der Waals surface area contributed by atoms with Crippen LogP contribution in [0.5, 0.6) is 0 Å². The summed E-state index contributed by atoms with van der Waals surface area (Å²) < 4.78 is 24.8. The van der Waals surface area contributed by atoms with Gasteiger partial charge in [-0.1, -0.05) is 25.1 Å². The summed E-state index contributed by atoms with van der Waals surface area (Å²) in [4.78, 5) is 14.2. The predicted octanol–water partition coefficient (Wildman–Crippen LogP) is 0.998. The Morgan fingerprint density at radius 2 is 2.12 bits per heavy atom. The number of nitrogens with one attached hydrogen (secondary N) is 1. The molecule has 1 N–H and O–H groups in total. The average Bonchev–Trinajstić information content (AvgIpc) is 3.21. The molecular formula is C18H24N4O3S. The number of amides is 1. The Balaban J connectivity index is 1.55. The van der Waals surface area contributed by atoms with Crippen molar-refractivity contribution in [1.82, 2.24) is 20.0 Å². The van der Waals surface area contributed by atoms with Crippen molar-refractivity contribution in [2.24, 2.45) is 0 Å². The van der Waals surface area contributed by atoms with E-state index < -0.39 is 9.84 Å². The first kappa shape index (κ1) is 18.6. The Morgan fingerprint density at radius 3 is 2.77 bits per heavy atom. The topological polar surface area (TPSA) is 84.3 Å². The second kappa shape index (κ2) is 8.01. The van der Waals surface area contributed by atoms with E-state index in [0.29, 0.717) is 19.5 Å². The lowest BCUT2D eigenvalue weighted by molar-refractivity contribution is -0.122. The van der Waals surface area contributed by atoms with E-state index in [1.165, 1.54) is 0 Å². The van der Waals surface area contributed by atoms with E-state index in [9.17, 15) is 13.2 Å². The Hall–Kier alpha value is -2.19. The first-order chi connectivity index (χ1) is 12.4. The molecule has 0 aliphatic carbocycles. The van der Waals surface area contributed by atoms with Crippen LogP contribution in [0.2, 0.25) is 0 Å². The number of carbonyl (C=O) groups is 1. The van der Waals surface area contributed by atoms with Crippen LogP contribution in [-0.4, -0.2) is 59.6 Å². The summed E-state index contributed by atoms with van der Waals surface area (Å²) in [5.74, 6) is 0.0763. The zero-order valence-corrected chi connectivity index (χ0v) is 15.7. The number of aromatic nitrogens is 2. The average molecular weight is 376 g/mol. The van der Waals surface area contributed by atoms with Gasteiger partial charge in [0.05, 0.1) is 29.9 Å². The monoisotopic (exact) mass is 376 g/mol. The number of benzene rings is 1. The van der Waals surface area contributed by atoms with Crippen LogP contribution in [0.4, 0.5) is 0 Å². The molecule has 2 heterocycles. The van der Waals surface area contributed by atoms with Gasteiger partial charge in [-0.25, -0.2) is 13.1 Å². The lowest BCUT2D eigenvalue weighted by atomic mass is 10.2. The number of carbonyl (C=O) groups excluding carboxylic acids is 1. The second-order valence-electron chi connectivity index (χ2n) is 6.60. The minimum absolute atomic E-state index is 0.0503. The largest absolute Gasteiger partial charge is 0.351 e. The number of sulfone groups is 1. The van der Waals surface area contributed by atoms with Crippen LogP contribution in [0.1, 0.15) is 18.9 Å². The molecule has 0 radical (unpaired) electrons. The summed E-state index contributed by atoms with van der Waals surface area (Å²) in [6.07, 6.45) is 4.26. The normalized spacial score (nSPS) is 18.9. The SMILES string of the molecule is CCN(CC(=O)N[C@@H]1CCS(=O)(=O)C1)Cc1cnn(-c2ccccc2)c1. The molecule has 1 aromatic heterocycles. The van der Waals surface area contributed by atoms with Gasteiger partial charge in [0, 0.05) is 24.3 Å². The zero-order valence-electron chi connectivity index (χ0n) is 14.8. The maximum atomic E-state index is 12.2. The molecule has 8 heteroatoms. The van der Waals surface area contributed by atoms with Gasteiger partial charge in [-0.05, 0) is 25.1 Å². The lowest BCUT2D eigenvalue weighted by Gasteiger charge is -2.20. The number of para-hydroxylation sites is 1. The summed E-state index contributed by atoms with van der Waals surface area (Å²) in [6.45, 7) is 3.56. The molecule has 1 aliphatic rings. The molecule has 7 nitrogen and oxygen atoms in total. The molecule has 1 atom stereocenters. The van der Waals surface area contributed by atoms with Gasteiger partial charge in [0.2, 0.25) is 5.91 Å². The van der Waals surface area contributed by atoms with Crippen molar-refractivity contribution in [2.45, 2.75) is 25.9 Å². The van der Waals surface area contributed by atoms with Gasteiger partial charge in [0.15, 0.2) is 9.84 Å². The zero-order chi connectivity index (χ0) is 18.6. The highest BCUT2D eigenvalue weighted by molar-refractivity contribution is 7.91. The Bertz CT molecular complexity index is 848. The van der Waals surface area contributed by atoms with Crippen LogP contribution >= 0.6 is 0 Å². The molecule has 1 aliphatic heterocycles. The van der Waals surface area contributed by atoms with Crippen LogP contribution in [0, 0.1) is 0 Å². The summed E-state index contributed by atoms with van der Waals surface area (Å²) in [7, 11) is -2.99. The van der Waals surface area contributed by atoms with Crippen LogP contribution < -0.4 is 5.32 Å². The minimum atomic E-state index is -2.99. The summed E-state index contributed by atoms with van der Waals surface area (Å²) in [5.41, 5.74) is 2.01.